The summed E-state index contributed by atoms with van der Waals surface area (Å²) in [6.45, 7) is 2.88. The summed E-state index contributed by atoms with van der Waals surface area (Å²) in [4.78, 5) is 0. The fourth-order valence-electron chi connectivity index (χ4n) is 2.43. The predicted molar refractivity (Wildman–Crippen MR) is 54.9 cm³/mol. The van der Waals surface area contributed by atoms with Crippen LogP contribution in [0.5, 0.6) is 0 Å². The van der Waals surface area contributed by atoms with Gasteiger partial charge in [-0.3, -0.25) is 0 Å². The van der Waals surface area contributed by atoms with Crippen molar-refractivity contribution in [3.05, 3.63) is 0 Å². The van der Waals surface area contributed by atoms with E-state index in [0.29, 0.717) is 6.61 Å². The quantitative estimate of drug-likeness (QED) is 0.691. The molecule has 2 heterocycles. The van der Waals surface area contributed by atoms with Crippen LogP contribution in [0.1, 0.15) is 32.6 Å². The molecule has 0 unspecified atom stereocenters. The van der Waals surface area contributed by atoms with Gasteiger partial charge in [0.05, 0.1) is 18.0 Å². The minimum Gasteiger partial charge on any atom is -0.373 e. The standard InChI is InChI=1S/C9H15ClO3S/c1-8-2-4-9(5-3-8,13-6-8)7-14(10,11)12/h2-7H2,1H3. The van der Waals surface area contributed by atoms with Gasteiger partial charge in [-0.2, -0.15) is 0 Å². The van der Waals surface area contributed by atoms with Gasteiger partial charge in [0.2, 0.25) is 9.05 Å². The van der Waals surface area contributed by atoms with E-state index in [1.54, 1.807) is 0 Å². The average molecular weight is 239 g/mol. The number of rotatable bonds is 2. The van der Waals surface area contributed by atoms with E-state index in [9.17, 15) is 8.42 Å². The van der Waals surface area contributed by atoms with Crippen molar-refractivity contribution in [2.75, 3.05) is 12.4 Å². The van der Waals surface area contributed by atoms with Crippen LogP contribution in [-0.2, 0) is 13.8 Å². The third-order valence-electron chi connectivity index (χ3n) is 3.53. The highest BCUT2D eigenvalue weighted by Crippen LogP contribution is 2.49. The lowest BCUT2D eigenvalue weighted by Gasteiger charge is -2.51. The number of hydrogen-bond acceptors (Lipinski definition) is 3. The second-order valence-electron chi connectivity index (χ2n) is 4.97. The fraction of sp³-hybridized carbons (Fsp3) is 1.00. The van der Waals surface area contributed by atoms with Crippen LogP contribution in [0.15, 0.2) is 0 Å². The number of halogens is 1. The molecular formula is C9H15ClO3S. The maximum atomic E-state index is 11.0. The zero-order valence-electron chi connectivity index (χ0n) is 8.25. The minimum atomic E-state index is -3.44. The molecule has 2 saturated heterocycles. The Bertz CT molecular complexity index is 311. The molecule has 1 aliphatic carbocycles. The van der Waals surface area contributed by atoms with E-state index in [1.807, 2.05) is 0 Å². The summed E-state index contributed by atoms with van der Waals surface area (Å²) in [5.74, 6) is -0.0301. The molecule has 0 aromatic carbocycles. The molecule has 0 aromatic heterocycles. The van der Waals surface area contributed by atoms with Crippen molar-refractivity contribution < 1.29 is 13.2 Å². The first-order valence-corrected chi connectivity index (χ1v) is 7.37. The van der Waals surface area contributed by atoms with E-state index in [0.717, 1.165) is 25.7 Å². The Balaban J connectivity index is 2.13. The molecule has 3 rings (SSSR count). The van der Waals surface area contributed by atoms with Crippen LogP contribution >= 0.6 is 10.7 Å². The summed E-state index contributed by atoms with van der Waals surface area (Å²) in [6, 6.07) is 0. The zero-order valence-corrected chi connectivity index (χ0v) is 9.83. The van der Waals surface area contributed by atoms with Gasteiger partial charge in [0.15, 0.2) is 0 Å². The molecular weight excluding hydrogens is 224 g/mol. The fourth-order valence-corrected chi connectivity index (χ4v) is 4.02. The van der Waals surface area contributed by atoms with Crippen molar-refractivity contribution in [3.8, 4) is 0 Å². The van der Waals surface area contributed by atoms with Gasteiger partial charge in [-0.1, -0.05) is 6.92 Å². The first-order valence-electron chi connectivity index (χ1n) is 4.89. The molecule has 0 amide bonds. The second kappa shape index (κ2) is 3.09. The van der Waals surface area contributed by atoms with Crippen LogP contribution in [0.25, 0.3) is 0 Å². The minimum absolute atomic E-state index is 0.0301. The van der Waals surface area contributed by atoms with Crippen LogP contribution < -0.4 is 0 Å². The smallest absolute Gasteiger partial charge is 0.235 e. The van der Waals surface area contributed by atoms with Gasteiger partial charge < -0.3 is 4.74 Å². The lowest BCUT2D eigenvalue weighted by molar-refractivity contribution is -0.165. The summed E-state index contributed by atoms with van der Waals surface area (Å²) in [5, 5.41) is 0. The van der Waals surface area contributed by atoms with Crippen molar-refractivity contribution in [2.24, 2.45) is 5.41 Å². The first kappa shape index (κ1) is 10.7. The molecule has 0 N–H and O–H groups in total. The number of hydrogen-bond donors (Lipinski definition) is 0. The largest absolute Gasteiger partial charge is 0.373 e. The molecule has 1 saturated carbocycles. The molecule has 5 heteroatoms. The summed E-state index contributed by atoms with van der Waals surface area (Å²) in [7, 11) is 1.84. The highest BCUT2D eigenvalue weighted by molar-refractivity contribution is 8.13. The normalized spacial score (nSPS) is 42.7. The maximum absolute atomic E-state index is 11.0. The van der Waals surface area contributed by atoms with Crippen LogP contribution in [0, 0.1) is 5.41 Å². The van der Waals surface area contributed by atoms with E-state index < -0.39 is 14.7 Å². The monoisotopic (exact) mass is 238 g/mol. The van der Waals surface area contributed by atoms with Crippen molar-refractivity contribution >= 4 is 19.7 Å². The van der Waals surface area contributed by atoms with Crippen molar-refractivity contribution in [2.45, 2.75) is 38.2 Å². The Morgan fingerprint density at radius 2 is 1.86 bits per heavy atom. The van der Waals surface area contributed by atoms with Crippen molar-refractivity contribution in [1.82, 2.24) is 0 Å². The highest BCUT2D eigenvalue weighted by atomic mass is 35.7. The predicted octanol–water partition coefficient (Wildman–Crippen LogP) is 1.90. The maximum Gasteiger partial charge on any atom is 0.235 e. The highest BCUT2D eigenvalue weighted by Gasteiger charge is 2.49. The van der Waals surface area contributed by atoms with Gasteiger partial charge >= 0.3 is 0 Å². The molecule has 3 aliphatic rings. The topological polar surface area (TPSA) is 43.4 Å². The van der Waals surface area contributed by atoms with Gasteiger partial charge in [-0.05, 0) is 31.1 Å². The second-order valence-corrected chi connectivity index (χ2v) is 7.74. The Kier molecular flexibility index (Phi) is 2.37. The summed E-state index contributed by atoms with van der Waals surface area (Å²) < 4.78 is 27.8. The molecule has 3 fully saturated rings. The molecule has 0 aromatic rings. The van der Waals surface area contributed by atoms with Crippen molar-refractivity contribution in [1.29, 1.82) is 0 Å². The van der Waals surface area contributed by atoms with Crippen LogP contribution in [-0.4, -0.2) is 26.4 Å². The third-order valence-corrected chi connectivity index (χ3v) is 4.73. The molecule has 2 aliphatic heterocycles. The van der Waals surface area contributed by atoms with E-state index in [-0.39, 0.29) is 11.2 Å². The van der Waals surface area contributed by atoms with Crippen LogP contribution in [0.2, 0.25) is 0 Å². The summed E-state index contributed by atoms with van der Waals surface area (Å²) in [6.07, 6.45) is 3.77. The van der Waals surface area contributed by atoms with E-state index >= 15 is 0 Å². The zero-order chi connectivity index (χ0) is 10.4. The van der Waals surface area contributed by atoms with Gasteiger partial charge in [-0.25, -0.2) is 8.42 Å². The van der Waals surface area contributed by atoms with E-state index in [4.69, 9.17) is 15.4 Å². The van der Waals surface area contributed by atoms with Gasteiger partial charge in [-0.15, -0.1) is 0 Å². The van der Waals surface area contributed by atoms with Crippen LogP contribution in [0.3, 0.4) is 0 Å². The Morgan fingerprint density at radius 1 is 1.29 bits per heavy atom. The molecule has 0 spiro atoms. The van der Waals surface area contributed by atoms with Gasteiger partial charge in [0, 0.05) is 10.7 Å². The molecule has 14 heavy (non-hydrogen) atoms. The SMILES string of the molecule is CC12CCC(CS(=O)(=O)Cl)(CC1)OC2. The molecule has 0 atom stereocenters. The van der Waals surface area contributed by atoms with E-state index in [2.05, 4.69) is 6.92 Å². The number of fused-ring (bicyclic) bond motifs is 3. The average Bonchev–Trinajstić information content (AvgIpc) is 2.05. The molecule has 82 valence electrons. The lowest BCUT2D eigenvalue weighted by atomic mass is 9.68. The molecule has 3 nitrogen and oxygen atoms in total. The van der Waals surface area contributed by atoms with Crippen molar-refractivity contribution in [3.63, 3.8) is 0 Å². The lowest BCUT2D eigenvalue weighted by Crippen LogP contribution is -2.52. The van der Waals surface area contributed by atoms with Gasteiger partial charge in [0.1, 0.15) is 0 Å². The number of ether oxygens (including phenoxy) is 1. The summed E-state index contributed by atoms with van der Waals surface area (Å²) in [5.41, 5.74) is -0.198. The third kappa shape index (κ3) is 2.07. The Labute approximate surface area is 89.2 Å². The Morgan fingerprint density at radius 3 is 2.21 bits per heavy atom. The molecule has 0 radical (unpaired) electrons. The summed E-state index contributed by atoms with van der Waals surface area (Å²) >= 11 is 0. The van der Waals surface area contributed by atoms with Gasteiger partial charge in [0.25, 0.3) is 0 Å². The Hall–Kier alpha value is 0.200. The molecule has 2 bridgehead atoms. The first-order chi connectivity index (χ1) is 6.33. The van der Waals surface area contributed by atoms with E-state index in [1.165, 1.54) is 0 Å². The van der Waals surface area contributed by atoms with Crippen LogP contribution in [0.4, 0.5) is 0 Å².